The number of halogens is 1. The summed E-state index contributed by atoms with van der Waals surface area (Å²) in [5.74, 6) is 0. The molecule has 6 heteroatoms. The van der Waals surface area contributed by atoms with E-state index in [1.165, 1.54) is 6.07 Å². The average Bonchev–Trinajstić information content (AvgIpc) is 2.08. The molecule has 0 aromatic heterocycles. The van der Waals surface area contributed by atoms with E-state index in [4.69, 9.17) is 5.73 Å². The fourth-order valence-electron chi connectivity index (χ4n) is 0.962. The number of nitro groups is 1. The number of nitrogens with two attached hydrogens (primary N) is 1. The molecule has 3 N–H and O–H groups in total. The van der Waals surface area contributed by atoms with Gasteiger partial charge < -0.3 is 11.1 Å². The first kappa shape index (κ1) is 9.79. The van der Waals surface area contributed by atoms with E-state index in [0.29, 0.717) is 10.2 Å². The van der Waals surface area contributed by atoms with Crippen LogP contribution in [0.5, 0.6) is 0 Å². The van der Waals surface area contributed by atoms with Crippen molar-refractivity contribution in [2.45, 2.75) is 0 Å². The summed E-state index contributed by atoms with van der Waals surface area (Å²) in [6, 6.07) is 3.05. The third-order valence-electron chi connectivity index (χ3n) is 1.59. The number of nitro benzene ring substituents is 1. The van der Waals surface area contributed by atoms with E-state index in [0.717, 1.165) is 0 Å². The van der Waals surface area contributed by atoms with Crippen LogP contribution in [0, 0.1) is 10.1 Å². The van der Waals surface area contributed by atoms with E-state index in [1.54, 1.807) is 13.1 Å². The Morgan fingerprint density at radius 2 is 2.23 bits per heavy atom. The van der Waals surface area contributed by atoms with Gasteiger partial charge in [-0.1, -0.05) is 15.9 Å². The van der Waals surface area contributed by atoms with Gasteiger partial charge in [-0.3, -0.25) is 10.1 Å². The number of nitrogens with one attached hydrogen (secondary N) is 1. The molecule has 0 aliphatic heterocycles. The smallest absolute Gasteiger partial charge is 0.295 e. The molecule has 0 radical (unpaired) electrons. The molecule has 0 unspecified atom stereocenters. The summed E-state index contributed by atoms with van der Waals surface area (Å²) >= 11 is 3.16. The Balaban J connectivity index is 3.35. The molecule has 0 aliphatic rings. The fraction of sp³-hybridized carbons (Fsp3) is 0.143. The van der Waals surface area contributed by atoms with Crippen molar-refractivity contribution in [1.29, 1.82) is 0 Å². The van der Waals surface area contributed by atoms with Gasteiger partial charge >= 0.3 is 0 Å². The monoisotopic (exact) mass is 245 g/mol. The molecule has 0 aliphatic carbocycles. The topological polar surface area (TPSA) is 81.2 Å². The molecule has 0 saturated heterocycles. The fourth-order valence-corrected chi connectivity index (χ4v) is 1.41. The minimum absolute atomic E-state index is 0.0984. The minimum atomic E-state index is -0.513. The van der Waals surface area contributed by atoms with Gasteiger partial charge in [0.05, 0.1) is 10.6 Å². The van der Waals surface area contributed by atoms with Gasteiger partial charge in [-0.25, -0.2) is 0 Å². The summed E-state index contributed by atoms with van der Waals surface area (Å²) in [7, 11) is 1.65. The quantitative estimate of drug-likeness (QED) is 0.475. The molecule has 13 heavy (non-hydrogen) atoms. The highest BCUT2D eigenvalue weighted by molar-refractivity contribution is 9.10. The molecule has 1 rings (SSSR count). The Morgan fingerprint density at radius 3 is 2.69 bits per heavy atom. The van der Waals surface area contributed by atoms with Crippen LogP contribution in [0.25, 0.3) is 0 Å². The van der Waals surface area contributed by atoms with Crippen LogP contribution in [-0.2, 0) is 0 Å². The van der Waals surface area contributed by atoms with Crippen LogP contribution in [0.2, 0.25) is 0 Å². The van der Waals surface area contributed by atoms with Crippen LogP contribution < -0.4 is 11.1 Å². The number of anilines is 2. The zero-order chi connectivity index (χ0) is 10.0. The lowest BCUT2D eigenvalue weighted by Gasteiger charge is -2.05. The van der Waals surface area contributed by atoms with Gasteiger partial charge in [-0.2, -0.15) is 0 Å². The molecule has 0 spiro atoms. The van der Waals surface area contributed by atoms with E-state index in [1.807, 2.05) is 0 Å². The first-order valence-corrected chi connectivity index (χ1v) is 4.26. The van der Waals surface area contributed by atoms with E-state index >= 15 is 0 Å². The number of nitrogens with zero attached hydrogens (tertiary/aromatic N) is 1. The molecule has 1 aromatic rings. The Hall–Kier alpha value is -1.30. The first-order valence-electron chi connectivity index (χ1n) is 3.47. The molecule has 70 valence electrons. The molecule has 0 atom stereocenters. The second-order valence-corrected chi connectivity index (χ2v) is 3.31. The summed E-state index contributed by atoms with van der Waals surface area (Å²) in [6.45, 7) is 0. The average molecular weight is 246 g/mol. The standard InChI is InChI=1S/C7H8BrN3O2/c1-10-5-2-4(8)3-6(7(5)9)11(12)13/h2-3,10H,9H2,1H3. The number of hydrogen-bond donors (Lipinski definition) is 2. The molecule has 0 amide bonds. The lowest BCUT2D eigenvalue weighted by atomic mass is 10.2. The van der Waals surface area contributed by atoms with Gasteiger partial charge in [0.2, 0.25) is 0 Å². The molecule has 5 nitrogen and oxygen atoms in total. The predicted molar refractivity (Wildman–Crippen MR) is 54.8 cm³/mol. The second kappa shape index (κ2) is 3.61. The third kappa shape index (κ3) is 1.89. The zero-order valence-corrected chi connectivity index (χ0v) is 8.46. The highest BCUT2D eigenvalue weighted by atomic mass is 79.9. The van der Waals surface area contributed by atoms with Crippen LogP contribution in [-0.4, -0.2) is 12.0 Å². The van der Waals surface area contributed by atoms with Crippen molar-refractivity contribution in [2.75, 3.05) is 18.1 Å². The lowest BCUT2D eigenvalue weighted by molar-refractivity contribution is -0.383. The van der Waals surface area contributed by atoms with Gasteiger partial charge in [-0.15, -0.1) is 0 Å². The molecule has 0 saturated carbocycles. The van der Waals surface area contributed by atoms with Gasteiger partial charge in [0.15, 0.2) is 0 Å². The molecule has 0 heterocycles. The number of nitrogen functional groups attached to an aromatic ring is 1. The zero-order valence-electron chi connectivity index (χ0n) is 6.87. The first-order chi connectivity index (χ1) is 6.06. The van der Waals surface area contributed by atoms with E-state index in [2.05, 4.69) is 21.2 Å². The van der Waals surface area contributed by atoms with Crippen LogP contribution >= 0.6 is 15.9 Å². The Kier molecular flexibility index (Phi) is 2.72. The second-order valence-electron chi connectivity index (χ2n) is 2.39. The number of rotatable bonds is 2. The van der Waals surface area contributed by atoms with Crippen LogP contribution in [0.1, 0.15) is 0 Å². The van der Waals surface area contributed by atoms with Crippen molar-refractivity contribution >= 4 is 33.0 Å². The minimum Gasteiger partial charge on any atom is -0.391 e. The maximum Gasteiger partial charge on any atom is 0.295 e. The number of hydrogen-bond acceptors (Lipinski definition) is 4. The Labute approximate surface area is 83.2 Å². The highest BCUT2D eigenvalue weighted by Crippen LogP contribution is 2.32. The largest absolute Gasteiger partial charge is 0.391 e. The molecular formula is C7H8BrN3O2. The summed E-state index contributed by atoms with van der Waals surface area (Å²) in [6.07, 6.45) is 0. The Bertz CT molecular complexity index is 354. The summed E-state index contributed by atoms with van der Waals surface area (Å²) in [5, 5.41) is 13.3. The number of benzene rings is 1. The van der Waals surface area contributed by atoms with Gasteiger partial charge in [-0.05, 0) is 6.07 Å². The van der Waals surface area contributed by atoms with E-state index < -0.39 is 4.92 Å². The van der Waals surface area contributed by atoms with Crippen LogP contribution in [0.3, 0.4) is 0 Å². The predicted octanol–water partition coefficient (Wildman–Crippen LogP) is 1.98. The van der Waals surface area contributed by atoms with Crippen LogP contribution in [0.15, 0.2) is 16.6 Å². The molecule has 1 aromatic carbocycles. The maximum atomic E-state index is 10.5. The van der Waals surface area contributed by atoms with Crippen LogP contribution in [0.4, 0.5) is 17.1 Å². The summed E-state index contributed by atoms with van der Waals surface area (Å²) < 4.78 is 0.623. The molecule has 0 fully saturated rings. The molecular weight excluding hydrogens is 238 g/mol. The van der Waals surface area contributed by atoms with Crippen molar-refractivity contribution in [1.82, 2.24) is 0 Å². The van der Waals surface area contributed by atoms with Gasteiger partial charge in [0.1, 0.15) is 5.69 Å². The van der Waals surface area contributed by atoms with Gasteiger partial charge in [0, 0.05) is 17.6 Å². The summed E-state index contributed by atoms with van der Waals surface area (Å²) in [4.78, 5) is 10.0. The highest BCUT2D eigenvalue weighted by Gasteiger charge is 2.15. The SMILES string of the molecule is CNc1cc(Br)cc([N+](=O)[O-])c1N. The Morgan fingerprint density at radius 1 is 1.62 bits per heavy atom. The molecule has 0 bridgehead atoms. The third-order valence-corrected chi connectivity index (χ3v) is 2.05. The lowest BCUT2D eigenvalue weighted by Crippen LogP contribution is -2.00. The normalized spacial score (nSPS) is 9.69. The van der Waals surface area contributed by atoms with E-state index in [9.17, 15) is 10.1 Å². The summed E-state index contributed by atoms with van der Waals surface area (Å²) in [5.41, 5.74) is 6.13. The van der Waals surface area contributed by atoms with E-state index in [-0.39, 0.29) is 11.4 Å². The maximum absolute atomic E-state index is 10.5. The van der Waals surface area contributed by atoms with Crippen molar-refractivity contribution in [3.8, 4) is 0 Å². The van der Waals surface area contributed by atoms with Gasteiger partial charge in [0.25, 0.3) is 5.69 Å². The van der Waals surface area contributed by atoms with Crippen molar-refractivity contribution in [3.05, 3.63) is 26.7 Å². The van der Waals surface area contributed by atoms with Crippen molar-refractivity contribution in [2.24, 2.45) is 0 Å². The van der Waals surface area contributed by atoms with Crippen molar-refractivity contribution < 1.29 is 4.92 Å². The van der Waals surface area contributed by atoms with Crippen molar-refractivity contribution in [3.63, 3.8) is 0 Å².